The van der Waals surface area contributed by atoms with Gasteiger partial charge in [0.25, 0.3) is 5.82 Å². The normalized spacial score (nSPS) is 16.9. The van der Waals surface area contributed by atoms with Crippen molar-refractivity contribution in [1.29, 1.82) is 5.26 Å². The van der Waals surface area contributed by atoms with Crippen LogP contribution in [-0.2, 0) is 16.1 Å². The lowest BCUT2D eigenvalue weighted by Crippen LogP contribution is -2.42. The molecule has 2 aromatic rings. The highest BCUT2D eigenvalue weighted by molar-refractivity contribution is 6.31. The fourth-order valence-electron chi connectivity index (χ4n) is 2.52. The second-order valence-corrected chi connectivity index (χ2v) is 5.69. The van der Waals surface area contributed by atoms with Gasteiger partial charge in [-0.1, -0.05) is 17.7 Å². The molecule has 0 unspecified atom stereocenters. The molecule has 0 saturated carbocycles. The number of benzene rings is 1. The van der Waals surface area contributed by atoms with Gasteiger partial charge in [0.05, 0.1) is 0 Å². The molecule has 3 rings (SSSR count). The predicted octanol–water partition coefficient (Wildman–Crippen LogP) is 0.725. The van der Waals surface area contributed by atoms with Gasteiger partial charge in [0.15, 0.2) is 0 Å². The van der Waals surface area contributed by atoms with E-state index in [0.717, 1.165) is 0 Å². The average molecular weight is 345 g/mol. The molecule has 1 aromatic heterocycles. The van der Waals surface area contributed by atoms with Gasteiger partial charge in [0.2, 0.25) is 11.8 Å². The summed E-state index contributed by atoms with van der Waals surface area (Å²) in [6, 6.07) is 8.21. The number of hydrogen-bond donors (Lipinski definition) is 1. The molecule has 1 N–H and O–H groups in total. The fraction of sp³-hybridized carbons (Fsp3) is 0.267. The van der Waals surface area contributed by atoms with Crippen molar-refractivity contribution in [3.63, 3.8) is 0 Å². The molecule has 1 saturated heterocycles. The molecule has 122 valence electrons. The first-order valence-electron chi connectivity index (χ1n) is 7.22. The van der Waals surface area contributed by atoms with E-state index >= 15 is 0 Å². The Bertz CT molecular complexity index is 827. The number of halogens is 1. The molecular weight excluding hydrogens is 332 g/mol. The van der Waals surface area contributed by atoms with Crippen LogP contribution in [0.5, 0.6) is 0 Å². The largest absolute Gasteiger partial charge is 0.343 e. The van der Waals surface area contributed by atoms with Crippen molar-refractivity contribution in [2.75, 3.05) is 11.4 Å². The van der Waals surface area contributed by atoms with E-state index in [-0.39, 0.29) is 24.2 Å². The number of carbonyl (C=O) groups excluding carboxylic acids is 2. The van der Waals surface area contributed by atoms with E-state index in [1.807, 2.05) is 0 Å². The summed E-state index contributed by atoms with van der Waals surface area (Å²) in [5, 5.41) is 15.7. The van der Waals surface area contributed by atoms with Crippen molar-refractivity contribution in [3.05, 3.63) is 41.4 Å². The van der Waals surface area contributed by atoms with Gasteiger partial charge in [-0.25, -0.2) is 9.67 Å². The van der Waals surface area contributed by atoms with Crippen LogP contribution >= 0.6 is 11.6 Å². The molecule has 2 amide bonds. The lowest BCUT2D eigenvalue weighted by molar-refractivity contribution is -0.126. The SMILES string of the molecule is N#Cc1ncn(CC(=O)N[C@H]2CCN(c3cccc(Cl)c3)C2=O)n1. The van der Waals surface area contributed by atoms with Crippen LogP contribution in [-0.4, -0.2) is 39.2 Å². The molecule has 24 heavy (non-hydrogen) atoms. The first kappa shape index (κ1) is 16.0. The molecule has 0 aliphatic carbocycles. The van der Waals surface area contributed by atoms with Gasteiger partial charge in [-0.15, -0.1) is 5.10 Å². The molecule has 1 aliphatic rings. The van der Waals surface area contributed by atoms with Gasteiger partial charge in [0, 0.05) is 17.3 Å². The van der Waals surface area contributed by atoms with E-state index in [0.29, 0.717) is 23.7 Å². The maximum absolute atomic E-state index is 12.4. The van der Waals surface area contributed by atoms with E-state index in [1.165, 1.54) is 11.0 Å². The fourth-order valence-corrected chi connectivity index (χ4v) is 2.71. The van der Waals surface area contributed by atoms with Gasteiger partial charge in [-0.05, 0) is 24.6 Å². The lowest BCUT2D eigenvalue weighted by atomic mass is 10.2. The average Bonchev–Trinajstić information content (AvgIpc) is 3.15. The number of rotatable bonds is 4. The van der Waals surface area contributed by atoms with Crippen molar-refractivity contribution in [2.24, 2.45) is 0 Å². The Morgan fingerprint density at radius 3 is 3.04 bits per heavy atom. The zero-order chi connectivity index (χ0) is 17.1. The van der Waals surface area contributed by atoms with Crippen LogP contribution < -0.4 is 10.2 Å². The van der Waals surface area contributed by atoms with Gasteiger partial charge >= 0.3 is 0 Å². The summed E-state index contributed by atoms with van der Waals surface area (Å²) < 4.78 is 1.25. The minimum atomic E-state index is -0.588. The lowest BCUT2D eigenvalue weighted by Gasteiger charge is -2.17. The first-order valence-corrected chi connectivity index (χ1v) is 7.60. The molecule has 9 heteroatoms. The van der Waals surface area contributed by atoms with Crippen LogP contribution in [0, 0.1) is 11.3 Å². The zero-order valence-electron chi connectivity index (χ0n) is 12.5. The molecular formula is C15H13ClN6O2. The number of anilines is 1. The number of nitrogens with zero attached hydrogens (tertiary/aromatic N) is 5. The van der Waals surface area contributed by atoms with E-state index < -0.39 is 6.04 Å². The van der Waals surface area contributed by atoms with E-state index in [9.17, 15) is 9.59 Å². The van der Waals surface area contributed by atoms with Crippen LogP contribution in [0.3, 0.4) is 0 Å². The van der Waals surface area contributed by atoms with Crippen molar-refractivity contribution in [1.82, 2.24) is 20.1 Å². The monoisotopic (exact) mass is 344 g/mol. The maximum atomic E-state index is 12.4. The van der Waals surface area contributed by atoms with Crippen LogP contribution in [0.4, 0.5) is 5.69 Å². The summed E-state index contributed by atoms with van der Waals surface area (Å²) in [6.45, 7) is 0.404. The Kier molecular flexibility index (Phi) is 4.44. The zero-order valence-corrected chi connectivity index (χ0v) is 13.3. The number of aromatic nitrogens is 3. The van der Waals surface area contributed by atoms with E-state index in [1.54, 1.807) is 35.2 Å². The van der Waals surface area contributed by atoms with Crippen LogP contribution in [0.1, 0.15) is 12.2 Å². The summed E-state index contributed by atoms with van der Waals surface area (Å²) in [5.74, 6) is -0.551. The molecule has 1 aromatic carbocycles. The number of nitrogens with one attached hydrogen (secondary N) is 1. The quantitative estimate of drug-likeness (QED) is 0.880. The summed E-state index contributed by atoms with van der Waals surface area (Å²) in [6.07, 6.45) is 1.81. The van der Waals surface area contributed by atoms with Gasteiger partial charge in [0.1, 0.15) is 25.0 Å². The highest BCUT2D eigenvalue weighted by Gasteiger charge is 2.33. The van der Waals surface area contributed by atoms with Crippen molar-refractivity contribution < 1.29 is 9.59 Å². The molecule has 0 radical (unpaired) electrons. The molecule has 1 atom stereocenters. The Morgan fingerprint density at radius 2 is 2.33 bits per heavy atom. The number of amides is 2. The predicted molar refractivity (Wildman–Crippen MR) is 85.1 cm³/mol. The van der Waals surface area contributed by atoms with Crippen molar-refractivity contribution in [2.45, 2.75) is 19.0 Å². The highest BCUT2D eigenvalue weighted by Crippen LogP contribution is 2.24. The van der Waals surface area contributed by atoms with Crippen LogP contribution in [0.2, 0.25) is 5.02 Å². The maximum Gasteiger partial charge on any atom is 0.252 e. The second-order valence-electron chi connectivity index (χ2n) is 5.26. The first-order chi connectivity index (χ1) is 11.6. The number of nitriles is 1. The summed E-state index contributed by atoms with van der Waals surface area (Å²) in [5.41, 5.74) is 0.708. The van der Waals surface area contributed by atoms with E-state index in [4.69, 9.17) is 16.9 Å². The van der Waals surface area contributed by atoms with Crippen LogP contribution in [0.15, 0.2) is 30.6 Å². The highest BCUT2D eigenvalue weighted by atomic mass is 35.5. The van der Waals surface area contributed by atoms with Gasteiger partial charge in [-0.3, -0.25) is 9.59 Å². The van der Waals surface area contributed by atoms with Gasteiger partial charge < -0.3 is 10.2 Å². The molecule has 2 heterocycles. The Morgan fingerprint density at radius 1 is 1.50 bits per heavy atom. The minimum Gasteiger partial charge on any atom is -0.343 e. The van der Waals surface area contributed by atoms with Crippen molar-refractivity contribution in [3.8, 4) is 6.07 Å². The van der Waals surface area contributed by atoms with Gasteiger partial charge in [-0.2, -0.15) is 5.26 Å². The molecule has 0 bridgehead atoms. The summed E-state index contributed by atoms with van der Waals surface area (Å²) in [7, 11) is 0. The van der Waals surface area contributed by atoms with E-state index in [2.05, 4.69) is 15.4 Å². The Labute approximate surface area is 142 Å². The molecule has 0 spiro atoms. The third-order valence-electron chi connectivity index (χ3n) is 3.60. The molecule has 1 aliphatic heterocycles. The third-order valence-corrected chi connectivity index (χ3v) is 3.84. The number of carbonyl (C=O) groups is 2. The Hall–Kier alpha value is -2.92. The number of hydrogen-bond acceptors (Lipinski definition) is 5. The minimum absolute atomic E-state index is 0.00752. The molecule has 1 fully saturated rings. The topological polar surface area (TPSA) is 104 Å². The smallest absolute Gasteiger partial charge is 0.252 e. The standard InChI is InChI=1S/C15H13ClN6O2/c16-10-2-1-3-11(6-10)22-5-4-12(15(22)24)19-14(23)8-21-9-18-13(7-17)20-21/h1-3,6,9,12H,4-5,8H2,(H,19,23)/t12-/m0/s1. The van der Waals surface area contributed by atoms with Crippen molar-refractivity contribution >= 4 is 29.1 Å². The second kappa shape index (κ2) is 6.68. The third kappa shape index (κ3) is 3.36. The molecule has 8 nitrogen and oxygen atoms in total. The summed E-state index contributed by atoms with van der Waals surface area (Å²) in [4.78, 5) is 29.8. The summed E-state index contributed by atoms with van der Waals surface area (Å²) >= 11 is 5.95. The Balaban J connectivity index is 1.61. The van der Waals surface area contributed by atoms with Crippen LogP contribution in [0.25, 0.3) is 0 Å².